The second kappa shape index (κ2) is 8.91. The molecule has 1 saturated carbocycles. The molecule has 1 aromatic carbocycles. The summed E-state index contributed by atoms with van der Waals surface area (Å²) in [6.45, 7) is 12.3. The molecule has 1 amide bonds. The van der Waals surface area contributed by atoms with Gasteiger partial charge in [-0.05, 0) is 109 Å². The van der Waals surface area contributed by atoms with Crippen LogP contribution in [0, 0.1) is 34.0 Å². The van der Waals surface area contributed by atoms with Crippen molar-refractivity contribution in [2.24, 2.45) is 34.0 Å². The zero-order valence-corrected chi connectivity index (χ0v) is 22.5. The van der Waals surface area contributed by atoms with Crippen molar-refractivity contribution in [1.82, 2.24) is 0 Å². The molecule has 0 radical (unpaired) electrons. The van der Waals surface area contributed by atoms with Crippen LogP contribution in [0.25, 0.3) is 0 Å². The summed E-state index contributed by atoms with van der Waals surface area (Å²) in [4.78, 5) is 12.7. The van der Waals surface area contributed by atoms with Crippen LogP contribution in [0.1, 0.15) is 92.4 Å². The molecule has 190 valence electrons. The molecule has 0 bridgehead atoms. The largest absolute Gasteiger partial charge is 0.383 e. The molecule has 0 spiro atoms. The average molecular weight is 476 g/mol. The zero-order chi connectivity index (χ0) is 25.0. The summed E-state index contributed by atoms with van der Waals surface area (Å²) >= 11 is 0. The van der Waals surface area contributed by atoms with E-state index in [9.17, 15) is 9.90 Å². The van der Waals surface area contributed by atoms with Crippen LogP contribution in [-0.4, -0.2) is 17.1 Å². The Labute approximate surface area is 212 Å². The van der Waals surface area contributed by atoms with Crippen molar-refractivity contribution in [2.45, 2.75) is 98.5 Å². The first-order chi connectivity index (χ1) is 16.6. The number of amides is 1. The van der Waals surface area contributed by atoms with Gasteiger partial charge in [-0.2, -0.15) is 0 Å². The first-order valence-corrected chi connectivity index (χ1v) is 14.0. The first-order valence-electron chi connectivity index (χ1n) is 14.0. The lowest BCUT2D eigenvalue weighted by Gasteiger charge is -2.58. The number of carbonyl (C=O) groups excluding carboxylic acids is 1. The van der Waals surface area contributed by atoms with E-state index in [2.05, 4.69) is 46.0 Å². The number of fused-ring (bicyclic) bond motifs is 4. The van der Waals surface area contributed by atoms with E-state index in [1.54, 1.807) is 16.7 Å². The maximum Gasteiger partial charge on any atom is 0.253 e. The van der Waals surface area contributed by atoms with E-state index in [-0.39, 0.29) is 17.2 Å². The number of benzene rings is 1. The maximum absolute atomic E-state index is 12.7. The molecule has 0 heterocycles. The number of aliphatic hydroxyl groups is 1. The summed E-state index contributed by atoms with van der Waals surface area (Å²) in [5.41, 5.74) is 6.84. The molecular weight excluding hydrogens is 430 g/mol. The summed E-state index contributed by atoms with van der Waals surface area (Å²) < 4.78 is 0. The number of aliphatic hydroxyl groups excluding tert-OH is 1. The monoisotopic (exact) mass is 475 g/mol. The minimum absolute atomic E-state index is 0.168. The molecule has 5 rings (SSSR count). The number of hydrogen-bond acceptors (Lipinski definition) is 2. The summed E-state index contributed by atoms with van der Waals surface area (Å²) in [6, 6.07) is 9.43. The van der Waals surface area contributed by atoms with E-state index in [1.807, 2.05) is 30.3 Å². The van der Waals surface area contributed by atoms with Gasteiger partial charge in [0.2, 0.25) is 0 Å². The first kappa shape index (κ1) is 24.8. The van der Waals surface area contributed by atoms with Crippen molar-refractivity contribution in [3.63, 3.8) is 0 Å². The Morgan fingerprint density at radius 2 is 1.80 bits per heavy atom. The number of allylic oxidation sites excluding steroid dienone is 4. The van der Waals surface area contributed by atoms with Crippen molar-refractivity contribution in [3.8, 4) is 0 Å². The summed E-state index contributed by atoms with van der Waals surface area (Å²) in [5.74, 6) is 1.29. The van der Waals surface area contributed by atoms with Gasteiger partial charge in [0.05, 0.1) is 0 Å². The van der Waals surface area contributed by atoms with Crippen molar-refractivity contribution >= 4 is 11.6 Å². The lowest BCUT2D eigenvalue weighted by molar-refractivity contribution is -0.125. The summed E-state index contributed by atoms with van der Waals surface area (Å²) in [6.07, 6.45) is 12.2. The fourth-order valence-corrected chi connectivity index (χ4v) is 9.05. The molecular formula is C32H45NO2. The Kier molecular flexibility index (Phi) is 6.31. The van der Waals surface area contributed by atoms with Gasteiger partial charge in [-0.3, -0.25) is 4.79 Å². The van der Waals surface area contributed by atoms with Gasteiger partial charge in [-0.15, -0.1) is 0 Å². The average Bonchev–Trinajstić information content (AvgIpc) is 3.16. The molecule has 0 aromatic heterocycles. The number of carbonyl (C=O) groups is 1. The summed E-state index contributed by atoms with van der Waals surface area (Å²) in [5, 5.41) is 13.6. The highest BCUT2D eigenvalue weighted by Crippen LogP contribution is 2.66. The Morgan fingerprint density at radius 1 is 1.06 bits per heavy atom. The predicted octanol–water partition coefficient (Wildman–Crippen LogP) is 7.68. The van der Waals surface area contributed by atoms with E-state index in [4.69, 9.17) is 0 Å². The number of nitrogens with one attached hydrogen (secondary N) is 1. The third-order valence-corrected chi connectivity index (χ3v) is 10.8. The van der Waals surface area contributed by atoms with Crippen molar-refractivity contribution in [1.29, 1.82) is 0 Å². The third kappa shape index (κ3) is 4.12. The molecule has 1 fully saturated rings. The van der Waals surface area contributed by atoms with E-state index in [1.165, 1.54) is 44.9 Å². The van der Waals surface area contributed by atoms with Crippen LogP contribution in [0.3, 0.4) is 0 Å². The number of para-hydroxylation sites is 1. The fraction of sp³-hybridized carbons (Fsp3) is 0.656. The van der Waals surface area contributed by atoms with Crippen molar-refractivity contribution < 1.29 is 9.90 Å². The lowest BCUT2D eigenvalue weighted by Crippen LogP contribution is -2.47. The molecule has 4 aliphatic carbocycles. The van der Waals surface area contributed by atoms with Gasteiger partial charge in [0.25, 0.3) is 5.91 Å². The molecule has 2 N–H and O–H groups in total. The standard InChI is InChI=1S/C32H45NO2/c1-21(20-27(34)29(35)33-22-10-7-6-8-11-22)24-13-14-25-23-12-15-28-30(2,3)17-9-18-32(28,5)26(23)16-19-31(24,25)4/h6-8,10-11,14,21,24,27-28,34H,9,12-13,15-20H2,1-5H3,(H,33,35)/t21-,24-,27?,28+,31-,32-/m1/s1. The quantitative estimate of drug-likeness (QED) is 0.459. The minimum Gasteiger partial charge on any atom is -0.383 e. The fourth-order valence-electron chi connectivity index (χ4n) is 9.05. The maximum atomic E-state index is 12.7. The summed E-state index contributed by atoms with van der Waals surface area (Å²) in [7, 11) is 0. The molecule has 3 nitrogen and oxygen atoms in total. The number of anilines is 1. The van der Waals surface area contributed by atoms with E-state index < -0.39 is 6.10 Å². The highest BCUT2D eigenvalue weighted by atomic mass is 16.3. The van der Waals surface area contributed by atoms with E-state index in [0.717, 1.165) is 18.0 Å². The highest BCUT2D eigenvalue weighted by molar-refractivity contribution is 5.93. The van der Waals surface area contributed by atoms with Gasteiger partial charge in [0.1, 0.15) is 6.10 Å². The van der Waals surface area contributed by atoms with Gasteiger partial charge in [-0.25, -0.2) is 0 Å². The van der Waals surface area contributed by atoms with Crippen molar-refractivity contribution in [2.75, 3.05) is 5.32 Å². The van der Waals surface area contributed by atoms with Crippen LogP contribution in [0.5, 0.6) is 0 Å². The normalized spacial score (nSPS) is 35.3. The van der Waals surface area contributed by atoms with Crippen LogP contribution in [0.15, 0.2) is 53.1 Å². The molecule has 1 aromatic rings. The van der Waals surface area contributed by atoms with Gasteiger partial charge >= 0.3 is 0 Å². The van der Waals surface area contributed by atoms with Crippen LogP contribution in [-0.2, 0) is 4.79 Å². The van der Waals surface area contributed by atoms with Crippen molar-refractivity contribution in [3.05, 3.63) is 53.1 Å². The van der Waals surface area contributed by atoms with Crippen LogP contribution in [0.2, 0.25) is 0 Å². The molecule has 3 heteroatoms. The van der Waals surface area contributed by atoms with Crippen LogP contribution < -0.4 is 5.32 Å². The SMILES string of the molecule is C[C@H](CC(O)C(=O)Nc1ccccc1)[C@H]1CC=C2C3=C(CC[C@@]21C)[C@@]1(C)CCCC(C)(C)[C@@H]1CC3. The number of rotatable bonds is 5. The molecule has 1 unspecified atom stereocenters. The van der Waals surface area contributed by atoms with Gasteiger partial charge < -0.3 is 10.4 Å². The van der Waals surface area contributed by atoms with Gasteiger partial charge in [0, 0.05) is 5.69 Å². The van der Waals surface area contributed by atoms with Crippen LogP contribution >= 0.6 is 0 Å². The molecule has 0 aliphatic heterocycles. The molecule has 35 heavy (non-hydrogen) atoms. The minimum atomic E-state index is -0.977. The van der Waals surface area contributed by atoms with E-state index in [0.29, 0.717) is 23.2 Å². The second-order valence-electron chi connectivity index (χ2n) is 13.3. The van der Waals surface area contributed by atoms with Gasteiger partial charge in [-0.1, -0.05) is 70.9 Å². The topological polar surface area (TPSA) is 49.3 Å². The molecule has 6 atom stereocenters. The third-order valence-electron chi connectivity index (χ3n) is 10.8. The van der Waals surface area contributed by atoms with E-state index >= 15 is 0 Å². The second-order valence-corrected chi connectivity index (χ2v) is 13.3. The Bertz CT molecular complexity index is 1040. The molecule has 4 aliphatic rings. The van der Waals surface area contributed by atoms with Crippen LogP contribution in [0.4, 0.5) is 5.69 Å². The lowest BCUT2D eigenvalue weighted by atomic mass is 9.47. The highest BCUT2D eigenvalue weighted by Gasteiger charge is 2.55. The van der Waals surface area contributed by atoms with Gasteiger partial charge in [0.15, 0.2) is 0 Å². The zero-order valence-electron chi connectivity index (χ0n) is 22.5. The smallest absolute Gasteiger partial charge is 0.253 e. The Hall–Kier alpha value is -1.87. The predicted molar refractivity (Wildman–Crippen MR) is 144 cm³/mol. The molecule has 0 saturated heterocycles. The number of hydrogen-bond donors (Lipinski definition) is 2. The Morgan fingerprint density at radius 3 is 2.54 bits per heavy atom. The Balaban J connectivity index is 1.31.